The molecule has 0 saturated carbocycles. The smallest absolute Gasteiger partial charge is 0.0633 e. The Bertz CT molecular complexity index is 158. The lowest BCUT2D eigenvalue weighted by atomic mass is 9.94. The van der Waals surface area contributed by atoms with Crippen LogP contribution in [0.4, 0.5) is 0 Å². The fourth-order valence-corrected chi connectivity index (χ4v) is 1.61. The van der Waals surface area contributed by atoms with Crippen LogP contribution in [0.25, 0.3) is 0 Å². The summed E-state index contributed by atoms with van der Waals surface area (Å²) in [5, 5.41) is 21.7. The highest BCUT2D eigenvalue weighted by atomic mass is 16.3. The van der Waals surface area contributed by atoms with Crippen molar-refractivity contribution in [3.8, 4) is 0 Å². The lowest BCUT2D eigenvalue weighted by Crippen LogP contribution is -2.53. The van der Waals surface area contributed by atoms with Gasteiger partial charge >= 0.3 is 0 Å². The van der Waals surface area contributed by atoms with Gasteiger partial charge in [-0.25, -0.2) is 0 Å². The predicted molar refractivity (Wildman–Crippen MR) is 63.9 cm³/mol. The molecular weight excluding hydrogens is 190 g/mol. The van der Waals surface area contributed by atoms with Gasteiger partial charge in [0.25, 0.3) is 0 Å². The highest BCUT2D eigenvalue weighted by molar-refractivity contribution is 4.85. The minimum atomic E-state index is -0.547. The van der Waals surface area contributed by atoms with Crippen molar-refractivity contribution < 1.29 is 10.2 Å². The van der Waals surface area contributed by atoms with Gasteiger partial charge in [-0.3, -0.25) is 0 Å². The van der Waals surface area contributed by atoms with Gasteiger partial charge in [-0.15, -0.1) is 0 Å². The van der Waals surface area contributed by atoms with Crippen LogP contribution in [0, 0.1) is 5.92 Å². The summed E-state index contributed by atoms with van der Waals surface area (Å²) in [6.45, 7) is 8.36. The zero-order valence-corrected chi connectivity index (χ0v) is 10.6. The molecule has 0 saturated heterocycles. The van der Waals surface area contributed by atoms with Crippen LogP contribution >= 0.6 is 0 Å². The maximum atomic E-state index is 9.20. The van der Waals surface area contributed by atoms with Crippen molar-refractivity contribution >= 4 is 0 Å². The van der Waals surface area contributed by atoms with E-state index in [0.29, 0.717) is 12.0 Å². The molecule has 2 atom stereocenters. The Morgan fingerprint density at radius 2 is 1.67 bits per heavy atom. The first-order chi connectivity index (χ1) is 7.01. The van der Waals surface area contributed by atoms with E-state index in [1.807, 2.05) is 6.92 Å². The molecule has 0 aromatic carbocycles. The molecule has 3 N–H and O–H groups in total. The molecule has 0 aromatic heterocycles. The Labute approximate surface area is 93.9 Å². The average molecular weight is 217 g/mol. The molecule has 0 aliphatic rings. The van der Waals surface area contributed by atoms with E-state index < -0.39 is 5.54 Å². The first-order valence-corrected chi connectivity index (χ1v) is 6.00. The number of nitrogens with one attached hydrogen (secondary N) is 1. The van der Waals surface area contributed by atoms with Gasteiger partial charge in [0.2, 0.25) is 0 Å². The first kappa shape index (κ1) is 14.9. The Kier molecular flexibility index (Phi) is 7.14. The molecule has 15 heavy (non-hydrogen) atoms. The topological polar surface area (TPSA) is 52.5 Å². The molecule has 0 bridgehead atoms. The number of hydrogen-bond donors (Lipinski definition) is 3. The second kappa shape index (κ2) is 7.20. The molecule has 3 heteroatoms. The van der Waals surface area contributed by atoms with E-state index in [1.165, 1.54) is 6.42 Å². The van der Waals surface area contributed by atoms with Crippen LogP contribution in [-0.2, 0) is 0 Å². The maximum absolute atomic E-state index is 9.20. The van der Waals surface area contributed by atoms with Crippen LogP contribution < -0.4 is 5.32 Å². The Hall–Kier alpha value is -0.120. The third-order valence-corrected chi connectivity index (χ3v) is 3.13. The number of aliphatic hydroxyl groups excluding tert-OH is 2. The molecule has 0 aromatic rings. The normalized spacial score (nSPS) is 16.4. The Balaban J connectivity index is 4.18. The summed E-state index contributed by atoms with van der Waals surface area (Å²) < 4.78 is 0. The van der Waals surface area contributed by atoms with Crippen molar-refractivity contribution in [2.75, 3.05) is 13.2 Å². The summed E-state index contributed by atoms with van der Waals surface area (Å²) in [4.78, 5) is 0. The summed E-state index contributed by atoms with van der Waals surface area (Å²) in [5.74, 6) is 0.684. The van der Waals surface area contributed by atoms with E-state index in [0.717, 1.165) is 12.8 Å². The molecule has 0 radical (unpaired) electrons. The Morgan fingerprint density at radius 3 is 2.00 bits per heavy atom. The molecule has 0 aliphatic carbocycles. The molecule has 0 rings (SSSR count). The lowest BCUT2D eigenvalue weighted by Gasteiger charge is -2.32. The van der Waals surface area contributed by atoms with E-state index >= 15 is 0 Å². The van der Waals surface area contributed by atoms with Crippen LogP contribution in [0.2, 0.25) is 0 Å². The van der Waals surface area contributed by atoms with Crippen molar-refractivity contribution in [2.24, 2.45) is 5.92 Å². The van der Waals surface area contributed by atoms with Crippen molar-refractivity contribution in [3.05, 3.63) is 0 Å². The number of aliphatic hydroxyl groups is 2. The fourth-order valence-electron chi connectivity index (χ4n) is 1.61. The number of rotatable bonds is 8. The summed E-state index contributed by atoms with van der Waals surface area (Å²) in [7, 11) is 0. The third kappa shape index (κ3) is 5.50. The van der Waals surface area contributed by atoms with Crippen LogP contribution in [0.15, 0.2) is 0 Å². The highest BCUT2D eigenvalue weighted by Gasteiger charge is 2.25. The second-order valence-corrected chi connectivity index (χ2v) is 4.88. The van der Waals surface area contributed by atoms with E-state index in [-0.39, 0.29) is 13.2 Å². The summed E-state index contributed by atoms with van der Waals surface area (Å²) >= 11 is 0. The summed E-state index contributed by atoms with van der Waals surface area (Å²) in [5.41, 5.74) is -0.547. The van der Waals surface area contributed by atoms with Crippen LogP contribution in [0.3, 0.4) is 0 Å². The highest BCUT2D eigenvalue weighted by Crippen LogP contribution is 2.15. The average Bonchev–Trinajstić information content (AvgIpc) is 2.27. The van der Waals surface area contributed by atoms with Gasteiger partial charge in [-0.05, 0) is 25.7 Å². The molecule has 0 fully saturated rings. The SMILES string of the molecule is CCC(C)CC(CC)NC(C)(CO)CO. The maximum Gasteiger partial charge on any atom is 0.0633 e. The van der Waals surface area contributed by atoms with Gasteiger partial charge in [0, 0.05) is 6.04 Å². The molecule has 2 unspecified atom stereocenters. The van der Waals surface area contributed by atoms with Gasteiger partial charge in [0.15, 0.2) is 0 Å². The van der Waals surface area contributed by atoms with E-state index in [2.05, 4.69) is 26.1 Å². The van der Waals surface area contributed by atoms with Crippen molar-refractivity contribution in [1.82, 2.24) is 5.32 Å². The minimum Gasteiger partial charge on any atom is -0.394 e. The van der Waals surface area contributed by atoms with Crippen molar-refractivity contribution in [3.63, 3.8) is 0 Å². The molecule has 0 amide bonds. The molecule has 0 heterocycles. The Morgan fingerprint density at radius 1 is 1.13 bits per heavy atom. The fraction of sp³-hybridized carbons (Fsp3) is 1.00. The monoisotopic (exact) mass is 217 g/mol. The zero-order valence-electron chi connectivity index (χ0n) is 10.6. The first-order valence-electron chi connectivity index (χ1n) is 6.00. The molecular formula is C12H27NO2. The van der Waals surface area contributed by atoms with Crippen LogP contribution in [0.5, 0.6) is 0 Å². The van der Waals surface area contributed by atoms with Crippen molar-refractivity contribution in [1.29, 1.82) is 0 Å². The van der Waals surface area contributed by atoms with Crippen LogP contribution in [-0.4, -0.2) is 35.0 Å². The van der Waals surface area contributed by atoms with Gasteiger partial charge in [-0.2, -0.15) is 0 Å². The molecule has 0 aliphatic heterocycles. The van der Waals surface area contributed by atoms with E-state index in [4.69, 9.17) is 0 Å². The molecule has 0 spiro atoms. The zero-order chi connectivity index (χ0) is 11.9. The van der Waals surface area contributed by atoms with Crippen LogP contribution in [0.1, 0.15) is 47.0 Å². The third-order valence-electron chi connectivity index (χ3n) is 3.13. The van der Waals surface area contributed by atoms with Gasteiger partial charge < -0.3 is 15.5 Å². The second-order valence-electron chi connectivity index (χ2n) is 4.88. The molecule has 3 nitrogen and oxygen atoms in total. The molecule has 92 valence electrons. The summed E-state index contributed by atoms with van der Waals surface area (Å²) in [6.07, 6.45) is 3.30. The largest absolute Gasteiger partial charge is 0.394 e. The number of hydrogen-bond acceptors (Lipinski definition) is 3. The predicted octanol–water partition coefficient (Wildman–Crippen LogP) is 1.53. The lowest BCUT2D eigenvalue weighted by molar-refractivity contribution is 0.0898. The van der Waals surface area contributed by atoms with E-state index in [9.17, 15) is 10.2 Å². The standard InChI is InChI=1S/C12H27NO2/c1-5-10(3)7-11(6-2)13-12(4,8-14)9-15/h10-11,13-15H,5-9H2,1-4H3. The minimum absolute atomic E-state index is 0.0273. The van der Waals surface area contributed by atoms with E-state index in [1.54, 1.807) is 0 Å². The quantitative estimate of drug-likeness (QED) is 0.578. The summed E-state index contributed by atoms with van der Waals surface area (Å²) in [6, 6.07) is 0.379. The van der Waals surface area contributed by atoms with Crippen molar-refractivity contribution in [2.45, 2.75) is 58.5 Å². The van der Waals surface area contributed by atoms with Gasteiger partial charge in [-0.1, -0.05) is 27.2 Å². The van der Waals surface area contributed by atoms with Gasteiger partial charge in [0.05, 0.1) is 18.8 Å². The van der Waals surface area contributed by atoms with Gasteiger partial charge in [0.1, 0.15) is 0 Å².